The van der Waals surface area contributed by atoms with Crippen LogP contribution >= 0.6 is 0 Å². The van der Waals surface area contributed by atoms with Crippen molar-refractivity contribution in [1.82, 2.24) is 9.55 Å². The molecule has 0 aliphatic carbocycles. The molecule has 30 heavy (non-hydrogen) atoms. The summed E-state index contributed by atoms with van der Waals surface area (Å²) in [5, 5.41) is 7.71. The van der Waals surface area contributed by atoms with Crippen LogP contribution in [0.25, 0.3) is 60.1 Å². The lowest BCUT2D eigenvalue weighted by Gasteiger charge is -2.09. The Morgan fingerprint density at radius 3 is 2.20 bits per heavy atom. The van der Waals surface area contributed by atoms with E-state index in [9.17, 15) is 0 Å². The van der Waals surface area contributed by atoms with Crippen LogP contribution in [0, 0.1) is 0 Å². The number of benzene rings is 5. The zero-order valence-electron chi connectivity index (χ0n) is 16.3. The summed E-state index contributed by atoms with van der Waals surface area (Å²) in [4.78, 5) is 3.60. The van der Waals surface area contributed by atoms with E-state index >= 15 is 0 Å². The molecule has 0 saturated carbocycles. The summed E-state index contributed by atoms with van der Waals surface area (Å²) in [6.45, 7) is 0. The highest BCUT2D eigenvalue weighted by Gasteiger charge is 2.17. The van der Waals surface area contributed by atoms with E-state index in [1.807, 2.05) is 0 Å². The Labute approximate surface area is 173 Å². The van der Waals surface area contributed by atoms with Crippen LogP contribution in [0.5, 0.6) is 0 Å². The minimum atomic E-state index is 1.18. The molecule has 0 aliphatic rings. The Balaban J connectivity index is 1.70. The molecule has 2 heterocycles. The van der Waals surface area contributed by atoms with Crippen molar-refractivity contribution >= 4 is 54.4 Å². The predicted molar refractivity (Wildman–Crippen MR) is 128 cm³/mol. The third-order valence-corrected chi connectivity index (χ3v) is 6.30. The van der Waals surface area contributed by atoms with Crippen molar-refractivity contribution in [2.24, 2.45) is 0 Å². The molecular formula is C28H18N2. The maximum absolute atomic E-state index is 3.60. The van der Waals surface area contributed by atoms with Gasteiger partial charge in [0.1, 0.15) is 0 Å². The van der Waals surface area contributed by atoms with Crippen molar-refractivity contribution in [2.75, 3.05) is 0 Å². The molecule has 0 radical (unpaired) electrons. The number of hydrogen-bond donors (Lipinski definition) is 1. The van der Waals surface area contributed by atoms with Crippen LogP contribution in [0.2, 0.25) is 0 Å². The number of aromatic nitrogens is 2. The number of nitrogens with one attached hydrogen (secondary N) is 1. The van der Waals surface area contributed by atoms with Crippen LogP contribution in [0.3, 0.4) is 0 Å². The van der Waals surface area contributed by atoms with Crippen molar-refractivity contribution in [1.29, 1.82) is 0 Å². The highest BCUT2D eigenvalue weighted by molar-refractivity contribution is 6.28. The number of H-pyrrole nitrogens is 1. The second-order valence-electron chi connectivity index (χ2n) is 7.94. The number of hydrogen-bond acceptors (Lipinski definition) is 0. The average Bonchev–Trinajstić information content (AvgIpc) is 3.34. The number of rotatable bonds is 1. The smallest absolute Gasteiger partial charge is 0.0548 e. The van der Waals surface area contributed by atoms with Gasteiger partial charge >= 0.3 is 0 Å². The molecule has 0 amide bonds. The molecule has 2 heteroatoms. The molecule has 140 valence electrons. The molecule has 1 N–H and O–H groups in total. The first-order valence-corrected chi connectivity index (χ1v) is 10.3. The van der Waals surface area contributed by atoms with Crippen LogP contribution in [-0.4, -0.2) is 9.55 Å². The predicted octanol–water partition coefficient (Wildman–Crippen LogP) is 7.57. The molecule has 0 unspecified atom stereocenters. The van der Waals surface area contributed by atoms with Gasteiger partial charge in [0, 0.05) is 38.3 Å². The molecule has 0 saturated heterocycles. The Morgan fingerprint density at radius 1 is 0.500 bits per heavy atom. The summed E-state index contributed by atoms with van der Waals surface area (Å²) in [6, 6.07) is 37.1. The lowest BCUT2D eigenvalue weighted by molar-refractivity contribution is 1.19. The first-order valence-electron chi connectivity index (χ1n) is 10.3. The molecule has 0 atom stereocenters. The molecular weight excluding hydrogens is 364 g/mol. The highest BCUT2D eigenvalue weighted by Crippen LogP contribution is 2.40. The third kappa shape index (κ3) is 2.03. The van der Waals surface area contributed by atoms with E-state index in [0.717, 1.165) is 0 Å². The van der Waals surface area contributed by atoms with Gasteiger partial charge in [0.2, 0.25) is 0 Å². The Bertz CT molecular complexity index is 1750. The summed E-state index contributed by atoms with van der Waals surface area (Å²) < 4.78 is 2.40. The van der Waals surface area contributed by atoms with Gasteiger partial charge in [-0.15, -0.1) is 0 Å². The minimum absolute atomic E-state index is 1.18. The van der Waals surface area contributed by atoms with Gasteiger partial charge in [-0.05, 0) is 47.2 Å². The zero-order valence-corrected chi connectivity index (χ0v) is 16.3. The topological polar surface area (TPSA) is 20.7 Å². The standard InChI is InChI=1S/C28H18N2/c1-2-8-19-17-20(14-13-18(19)7-1)30-25-12-6-4-10-22(25)28-26(30)16-15-24-27(28)21-9-3-5-11-23(21)29-24/h1-17,29H. The molecule has 2 nitrogen and oxygen atoms in total. The van der Waals surface area contributed by atoms with Gasteiger partial charge in [-0.2, -0.15) is 0 Å². The van der Waals surface area contributed by atoms with Gasteiger partial charge in [-0.25, -0.2) is 0 Å². The van der Waals surface area contributed by atoms with Crippen LogP contribution in [-0.2, 0) is 0 Å². The fourth-order valence-electron chi connectivity index (χ4n) is 4.99. The Morgan fingerprint density at radius 2 is 1.27 bits per heavy atom. The van der Waals surface area contributed by atoms with E-state index < -0.39 is 0 Å². The maximum Gasteiger partial charge on any atom is 0.0548 e. The third-order valence-electron chi connectivity index (χ3n) is 6.30. The maximum atomic E-state index is 3.60. The van der Waals surface area contributed by atoms with Gasteiger partial charge in [0.15, 0.2) is 0 Å². The average molecular weight is 382 g/mol. The van der Waals surface area contributed by atoms with Crippen molar-refractivity contribution in [3.63, 3.8) is 0 Å². The molecule has 7 aromatic rings. The van der Waals surface area contributed by atoms with Crippen LogP contribution in [0.15, 0.2) is 103 Å². The van der Waals surface area contributed by atoms with E-state index in [-0.39, 0.29) is 0 Å². The van der Waals surface area contributed by atoms with Crippen molar-refractivity contribution < 1.29 is 0 Å². The Hall–Kier alpha value is -4.04. The second-order valence-corrected chi connectivity index (χ2v) is 7.94. The minimum Gasteiger partial charge on any atom is -0.354 e. The van der Waals surface area contributed by atoms with Gasteiger partial charge in [0.05, 0.1) is 11.0 Å². The molecule has 7 rings (SSSR count). The van der Waals surface area contributed by atoms with E-state index in [1.165, 1.54) is 60.1 Å². The molecule has 0 fully saturated rings. The van der Waals surface area contributed by atoms with E-state index in [4.69, 9.17) is 0 Å². The first kappa shape index (κ1) is 15.8. The molecule has 0 bridgehead atoms. The second kappa shape index (κ2) is 5.74. The lowest BCUT2D eigenvalue weighted by Crippen LogP contribution is -1.93. The molecule has 0 spiro atoms. The van der Waals surface area contributed by atoms with Gasteiger partial charge < -0.3 is 9.55 Å². The van der Waals surface area contributed by atoms with E-state index in [1.54, 1.807) is 0 Å². The molecule has 5 aromatic carbocycles. The first-order chi connectivity index (χ1) is 14.9. The fourth-order valence-corrected chi connectivity index (χ4v) is 4.99. The normalized spacial score (nSPS) is 12.0. The van der Waals surface area contributed by atoms with Crippen molar-refractivity contribution in [3.05, 3.63) is 103 Å². The fraction of sp³-hybridized carbons (Fsp3) is 0. The zero-order chi connectivity index (χ0) is 19.7. The lowest BCUT2D eigenvalue weighted by atomic mass is 10.1. The van der Waals surface area contributed by atoms with E-state index in [0.29, 0.717) is 0 Å². The van der Waals surface area contributed by atoms with Gasteiger partial charge in [-0.1, -0.05) is 66.7 Å². The quantitative estimate of drug-likeness (QED) is 0.302. The van der Waals surface area contributed by atoms with Crippen LogP contribution < -0.4 is 0 Å². The van der Waals surface area contributed by atoms with Gasteiger partial charge in [-0.3, -0.25) is 0 Å². The van der Waals surface area contributed by atoms with Crippen molar-refractivity contribution in [3.8, 4) is 5.69 Å². The van der Waals surface area contributed by atoms with E-state index in [2.05, 4.69) is 113 Å². The number of aromatic amines is 1. The summed E-state index contributed by atoms with van der Waals surface area (Å²) in [6.07, 6.45) is 0. The van der Waals surface area contributed by atoms with Crippen molar-refractivity contribution in [2.45, 2.75) is 0 Å². The van der Waals surface area contributed by atoms with Gasteiger partial charge in [0.25, 0.3) is 0 Å². The Kier molecular flexibility index (Phi) is 3.03. The monoisotopic (exact) mass is 382 g/mol. The highest BCUT2D eigenvalue weighted by atomic mass is 15.0. The largest absolute Gasteiger partial charge is 0.354 e. The molecule has 2 aromatic heterocycles. The number of fused-ring (bicyclic) bond motifs is 8. The summed E-state index contributed by atoms with van der Waals surface area (Å²) in [7, 11) is 0. The summed E-state index contributed by atoms with van der Waals surface area (Å²) in [5.41, 5.74) is 6.04. The van der Waals surface area contributed by atoms with Crippen LogP contribution in [0.1, 0.15) is 0 Å². The summed E-state index contributed by atoms with van der Waals surface area (Å²) in [5.74, 6) is 0. The SMILES string of the molecule is c1ccc2cc(-n3c4ccccc4c4c5c(ccc43)[nH]c3ccccc35)ccc2c1. The summed E-state index contributed by atoms with van der Waals surface area (Å²) >= 11 is 0. The molecule has 0 aliphatic heterocycles. The number of para-hydroxylation sites is 2. The number of nitrogens with zero attached hydrogens (tertiary/aromatic N) is 1. The van der Waals surface area contributed by atoms with Crippen LogP contribution in [0.4, 0.5) is 0 Å².